The summed E-state index contributed by atoms with van der Waals surface area (Å²) in [6.45, 7) is 0.883. The second-order valence-electron chi connectivity index (χ2n) is 9.91. The molecule has 2 amide bonds. The Morgan fingerprint density at radius 2 is 2.02 bits per heavy atom. The van der Waals surface area contributed by atoms with Gasteiger partial charge >= 0.3 is 0 Å². The summed E-state index contributed by atoms with van der Waals surface area (Å²) >= 11 is 6.31. The first-order chi connectivity index (χ1) is 19.5. The standard InChI is InChI=1S/C26H22ClF2N7O5/c1-34-10-32-25-20(26(34)40)15(13-3-14(24(30)39)23(38)22(29)21(13)28)7-35(25)8-19(37)33-17-4-18(31-5-16(17)27)36-6-12-2-11(36)9-41-12/h3-5,7,10-12,38H,2,6,8-9H2,1H3,(H2,30,39)(H,31,33,37). The molecule has 0 spiro atoms. The minimum atomic E-state index is -1.71. The number of morpholine rings is 1. The monoisotopic (exact) mass is 585 g/mol. The molecule has 0 saturated carbocycles. The number of fused-ring (bicyclic) bond motifs is 3. The number of hydrogen-bond acceptors (Lipinski definition) is 8. The van der Waals surface area contributed by atoms with E-state index < -0.39 is 52.4 Å². The third-order valence-electron chi connectivity index (χ3n) is 7.30. The quantitative estimate of drug-likeness (QED) is 0.311. The van der Waals surface area contributed by atoms with Gasteiger partial charge in [0.1, 0.15) is 18.0 Å². The number of aromatic hydroxyl groups is 1. The molecule has 12 nitrogen and oxygen atoms in total. The second kappa shape index (κ2) is 9.82. The van der Waals surface area contributed by atoms with Crippen LogP contribution in [0.1, 0.15) is 16.8 Å². The molecule has 15 heteroatoms. The van der Waals surface area contributed by atoms with Crippen molar-refractivity contribution in [1.29, 1.82) is 0 Å². The number of carbonyl (C=O) groups is 2. The molecule has 0 aliphatic carbocycles. The molecule has 41 heavy (non-hydrogen) atoms. The highest BCUT2D eigenvalue weighted by Crippen LogP contribution is 2.36. The molecule has 212 valence electrons. The fourth-order valence-electron chi connectivity index (χ4n) is 5.30. The molecule has 2 aliphatic heterocycles. The van der Waals surface area contributed by atoms with Crippen LogP contribution in [0.25, 0.3) is 22.2 Å². The van der Waals surface area contributed by atoms with E-state index in [9.17, 15) is 23.9 Å². The van der Waals surface area contributed by atoms with E-state index in [4.69, 9.17) is 22.1 Å². The summed E-state index contributed by atoms with van der Waals surface area (Å²) in [5.41, 5.74) is 3.55. The highest BCUT2D eigenvalue weighted by Gasteiger charge is 2.39. The fourth-order valence-corrected chi connectivity index (χ4v) is 5.45. The van der Waals surface area contributed by atoms with Crippen molar-refractivity contribution in [3.63, 3.8) is 0 Å². The molecule has 2 unspecified atom stereocenters. The van der Waals surface area contributed by atoms with E-state index in [1.54, 1.807) is 6.07 Å². The summed E-state index contributed by atoms with van der Waals surface area (Å²) in [4.78, 5) is 48.7. The van der Waals surface area contributed by atoms with Gasteiger partial charge in [0.25, 0.3) is 11.5 Å². The molecule has 2 fully saturated rings. The molecule has 1 aromatic carbocycles. The topological polar surface area (TPSA) is 158 Å². The van der Waals surface area contributed by atoms with Crippen LogP contribution in [0.3, 0.4) is 0 Å². The number of aryl methyl sites for hydroxylation is 1. The summed E-state index contributed by atoms with van der Waals surface area (Å²) < 4.78 is 37.6. The minimum Gasteiger partial charge on any atom is -0.504 e. The number of aromatic nitrogens is 4. The lowest BCUT2D eigenvalue weighted by molar-refractivity contribution is -0.116. The Bertz CT molecular complexity index is 1820. The van der Waals surface area contributed by atoms with Crippen LogP contribution in [-0.2, 0) is 23.1 Å². The predicted octanol–water partition coefficient (Wildman–Crippen LogP) is 2.15. The molecule has 4 N–H and O–H groups in total. The van der Waals surface area contributed by atoms with Gasteiger partial charge in [0.15, 0.2) is 11.6 Å². The highest BCUT2D eigenvalue weighted by molar-refractivity contribution is 6.33. The van der Waals surface area contributed by atoms with Crippen LogP contribution >= 0.6 is 11.6 Å². The molecular weight excluding hydrogens is 564 g/mol. The maximum absolute atomic E-state index is 15.0. The lowest BCUT2D eigenvalue weighted by Crippen LogP contribution is -2.37. The number of hydrogen-bond donors (Lipinski definition) is 3. The van der Waals surface area contributed by atoms with E-state index in [2.05, 4.69) is 20.2 Å². The first kappa shape index (κ1) is 26.7. The van der Waals surface area contributed by atoms with E-state index in [-0.39, 0.29) is 33.8 Å². The third kappa shape index (κ3) is 4.44. The van der Waals surface area contributed by atoms with E-state index in [0.29, 0.717) is 24.7 Å². The van der Waals surface area contributed by atoms with Crippen LogP contribution in [0.5, 0.6) is 5.75 Å². The molecule has 5 heterocycles. The number of anilines is 2. The average Bonchev–Trinajstić information content (AvgIpc) is 3.66. The summed E-state index contributed by atoms with van der Waals surface area (Å²) in [6, 6.07) is 2.69. The van der Waals surface area contributed by atoms with Crippen LogP contribution in [0.2, 0.25) is 5.02 Å². The molecule has 2 bridgehead atoms. The van der Waals surface area contributed by atoms with Gasteiger partial charge in [-0.1, -0.05) is 11.6 Å². The Kier molecular flexibility index (Phi) is 6.38. The van der Waals surface area contributed by atoms with Gasteiger partial charge in [0, 0.05) is 37.0 Å². The van der Waals surface area contributed by atoms with Crippen LogP contribution in [0.15, 0.2) is 35.6 Å². The molecule has 2 aliphatic rings. The van der Waals surface area contributed by atoms with Crippen LogP contribution in [0, 0.1) is 11.6 Å². The zero-order chi connectivity index (χ0) is 29.2. The normalized spacial score (nSPS) is 17.9. The fraction of sp³-hybridized carbons (Fsp3) is 0.269. The summed E-state index contributed by atoms with van der Waals surface area (Å²) in [7, 11) is 1.41. The Morgan fingerprint density at radius 3 is 2.71 bits per heavy atom. The molecule has 2 saturated heterocycles. The van der Waals surface area contributed by atoms with Crippen LogP contribution in [-0.4, -0.2) is 61.3 Å². The average molecular weight is 586 g/mol. The number of nitrogens with two attached hydrogens (primary N) is 1. The smallest absolute Gasteiger partial charge is 0.263 e. The summed E-state index contributed by atoms with van der Waals surface area (Å²) in [6.07, 6.45) is 4.92. The molecule has 6 rings (SSSR count). The van der Waals surface area contributed by atoms with Gasteiger partial charge in [-0.25, -0.2) is 14.4 Å². The van der Waals surface area contributed by atoms with Crippen molar-refractivity contribution in [1.82, 2.24) is 19.1 Å². The number of carbonyl (C=O) groups excluding carboxylic acids is 2. The molecule has 4 aromatic rings. The lowest BCUT2D eigenvalue weighted by atomic mass is 10.0. The largest absolute Gasteiger partial charge is 0.504 e. The number of nitrogens with zero attached hydrogens (tertiary/aromatic N) is 5. The van der Waals surface area contributed by atoms with Crippen molar-refractivity contribution in [2.24, 2.45) is 12.8 Å². The number of nitrogens with one attached hydrogen (secondary N) is 1. The van der Waals surface area contributed by atoms with Crippen LogP contribution in [0.4, 0.5) is 20.3 Å². The van der Waals surface area contributed by atoms with Gasteiger partial charge in [-0.15, -0.1) is 0 Å². The Morgan fingerprint density at radius 1 is 1.24 bits per heavy atom. The Hall–Kier alpha value is -4.56. The van der Waals surface area contributed by atoms with E-state index in [1.165, 1.54) is 30.3 Å². The molecule has 0 radical (unpaired) electrons. The third-order valence-corrected chi connectivity index (χ3v) is 7.60. The number of phenols is 1. The maximum Gasteiger partial charge on any atom is 0.263 e. The number of pyridine rings is 1. The zero-order valence-electron chi connectivity index (χ0n) is 21.4. The van der Waals surface area contributed by atoms with Crippen molar-refractivity contribution in [3.05, 3.63) is 63.4 Å². The van der Waals surface area contributed by atoms with Crippen molar-refractivity contribution >= 4 is 46.0 Å². The number of rotatable bonds is 6. The summed E-state index contributed by atoms with van der Waals surface area (Å²) in [5.74, 6) is -5.61. The van der Waals surface area contributed by atoms with Crippen molar-refractivity contribution in [2.45, 2.75) is 25.1 Å². The number of benzene rings is 1. The number of primary amides is 1. The van der Waals surface area contributed by atoms with Crippen molar-refractivity contribution in [2.75, 3.05) is 23.4 Å². The first-order valence-corrected chi connectivity index (χ1v) is 12.8. The molecular formula is C26H22ClF2N7O5. The lowest BCUT2D eigenvalue weighted by Gasteiger charge is -2.28. The van der Waals surface area contributed by atoms with Crippen molar-refractivity contribution in [3.8, 4) is 16.9 Å². The van der Waals surface area contributed by atoms with Gasteiger partial charge in [-0.2, -0.15) is 4.39 Å². The van der Waals surface area contributed by atoms with E-state index in [0.717, 1.165) is 17.1 Å². The molecule has 3 aromatic heterocycles. The number of amides is 2. The maximum atomic E-state index is 15.0. The highest BCUT2D eigenvalue weighted by atomic mass is 35.5. The van der Waals surface area contributed by atoms with Crippen molar-refractivity contribution < 1.29 is 28.2 Å². The second-order valence-corrected chi connectivity index (χ2v) is 10.3. The van der Waals surface area contributed by atoms with E-state index >= 15 is 4.39 Å². The zero-order valence-corrected chi connectivity index (χ0v) is 22.2. The molecule has 2 atom stereocenters. The SMILES string of the molecule is Cn1cnc2c(c(-c3cc(C(N)=O)c(O)c(F)c3F)cn2CC(=O)Nc2cc(N3CC4CC3CO4)ncc2Cl)c1=O. The van der Waals surface area contributed by atoms with Gasteiger partial charge in [-0.3, -0.25) is 14.4 Å². The number of halogens is 3. The van der Waals surface area contributed by atoms with Gasteiger partial charge in [0.2, 0.25) is 11.7 Å². The van der Waals surface area contributed by atoms with Gasteiger partial charge in [-0.05, 0) is 12.5 Å². The predicted molar refractivity (Wildman–Crippen MR) is 144 cm³/mol. The Labute approximate surface area is 234 Å². The number of ether oxygens (including phenoxy) is 1. The van der Waals surface area contributed by atoms with E-state index in [1.807, 2.05) is 0 Å². The Balaban J connectivity index is 1.36. The summed E-state index contributed by atoms with van der Waals surface area (Å²) in [5, 5.41) is 12.7. The van der Waals surface area contributed by atoms with Crippen LogP contribution < -0.4 is 21.5 Å². The van der Waals surface area contributed by atoms with Gasteiger partial charge < -0.3 is 34.9 Å². The van der Waals surface area contributed by atoms with Gasteiger partial charge in [0.05, 0.1) is 52.9 Å². The first-order valence-electron chi connectivity index (χ1n) is 12.4. The minimum absolute atomic E-state index is 0.00126.